The SMILES string of the molecule is CC(C)CC(=O)c1ccc(-c2cnc3[nH]cc(C(=O)N[C@@H](C)C(C)(C)C)c3n2)s1. The molecule has 2 N–H and O–H groups in total. The van der Waals surface area contributed by atoms with Gasteiger partial charge in [0.15, 0.2) is 11.4 Å². The number of hydrogen-bond acceptors (Lipinski definition) is 5. The van der Waals surface area contributed by atoms with Crippen molar-refractivity contribution in [3.63, 3.8) is 0 Å². The zero-order valence-corrected chi connectivity index (χ0v) is 18.6. The Labute approximate surface area is 175 Å². The lowest BCUT2D eigenvalue weighted by atomic mass is 9.88. The normalized spacial score (nSPS) is 13.1. The molecule has 0 saturated heterocycles. The molecular weight excluding hydrogens is 384 g/mol. The Balaban J connectivity index is 1.89. The van der Waals surface area contributed by atoms with Gasteiger partial charge < -0.3 is 10.3 Å². The molecule has 0 bridgehead atoms. The van der Waals surface area contributed by atoms with Crippen molar-refractivity contribution in [1.82, 2.24) is 20.3 Å². The van der Waals surface area contributed by atoms with Crippen LogP contribution in [0.3, 0.4) is 0 Å². The predicted octanol–water partition coefficient (Wildman–Crippen LogP) is 5.08. The molecule has 3 aromatic rings. The van der Waals surface area contributed by atoms with Gasteiger partial charge in [0.1, 0.15) is 5.52 Å². The van der Waals surface area contributed by atoms with Gasteiger partial charge in [-0.15, -0.1) is 11.3 Å². The van der Waals surface area contributed by atoms with Gasteiger partial charge in [0.25, 0.3) is 5.91 Å². The number of nitrogens with one attached hydrogen (secondary N) is 2. The first-order chi connectivity index (χ1) is 13.6. The first-order valence-electron chi connectivity index (χ1n) is 9.84. The van der Waals surface area contributed by atoms with Gasteiger partial charge in [0.2, 0.25) is 0 Å². The van der Waals surface area contributed by atoms with Crippen LogP contribution in [0.4, 0.5) is 0 Å². The lowest BCUT2D eigenvalue weighted by Crippen LogP contribution is -2.41. The topological polar surface area (TPSA) is 87.7 Å². The number of fused-ring (bicyclic) bond motifs is 1. The van der Waals surface area contributed by atoms with E-state index in [0.717, 1.165) is 9.75 Å². The lowest BCUT2D eigenvalue weighted by Gasteiger charge is -2.27. The molecule has 1 atom stereocenters. The van der Waals surface area contributed by atoms with Crippen molar-refractivity contribution in [2.24, 2.45) is 11.3 Å². The quantitative estimate of drug-likeness (QED) is 0.553. The highest BCUT2D eigenvalue weighted by molar-refractivity contribution is 7.17. The second kappa shape index (κ2) is 8.06. The number of nitrogens with zero attached hydrogens (tertiary/aromatic N) is 2. The minimum atomic E-state index is -0.177. The van der Waals surface area contributed by atoms with Gasteiger partial charge in [0.05, 0.1) is 27.2 Å². The van der Waals surface area contributed by atoms with E-state index in [1.54, 1.807) is 12.4 Å². The molecule has 0 aliphatic rings. The maximum atomic E-state index is 12.8. The van der Waals surface area contributed by atoms with Crippen LogP contribution in [-0.2, 0) is 0 Å². The van der Waals surface area contributed by atoms with Crippen LogP contribution in [0.15, 0.2) is 24.5 Å². The largest absolute Gasteiger partial charge is 0.349 e. The van der Waals surface area contributed by atoms with Crippen molar-refractivity contribution in [2.75, 3.05) is 0 Å². The van der Waals surface area contributed by atoms with E-state index in [-0.39, 0.29) is 23.1 Å². The van der Waals surface area contributed by atoms with Gasteiger partial charge in [-0.25, -0.2) is 9.97 Å². The van der Waals surface area contributed by atoms with Crippen LogP contribution in [0.1, 0.15) is 68.0 Å². The standard InChI is InChI=1S/C22H28N4O2S/c1-12(2)9-16(27)18-8-7-17(29-18)15-11-24-20-19(26-15)14(10-23-20)21(28)25-13(3)22(4,5)6/h7-8,10-13H,9H2,1-6H3,(H,23,24)(H,25,28)/t13-/m0/s1. The average molecular weight is 413 g/mol. The number of Topliss-reactive ketones (excluding diaryl/α,β-unsaturated/α-hetero) is 1. The van der Waals surface area contributed by atoms with E-state index in [0.29, 0.717) is 34.8 Å². The molecule has 3 heterocycles. The number of carbonyl (C=O) groups is 2. The number of hydrogen-bond donors (Lipinski definition) is 2. The number of aromatic nitrogens is 3. The van der Waals surface area contributed by atoms with E-state index in [1.165, 1.54) is 11.3 Å². The van der Waals surface area contributed by atoms with Crippen LogP contribution in [0, 0.1) is 11.3 Å². The van der Waals surface area contributed by atoms with Crippen molar-refractivity contribution < 1.29 is 9.59 Å². The molecule has 0 aliphatic heterocycles. The number of amides is 1. The summed E-state index contributed by atoms with van der Waals surface area (Å²) in [5, 5.41) is 3.04. The third kappa shape index (κ3) is 4.72. The van der Waals surface area contributed by atoms with Crippen LogP contribution in [0.5, 0.6) is 0 Å². The Morgan fingerprint density at radius 3 is 2.59 bits per heavy atom. The fourth-order valence-electron chi connectivity index (χ4n) is 2.77. The van der Waals surface area contributed by atoms with E-state index in [9.17, 15) is 9.59 Å². The molecule has 0 aromatic carbocycles. The first-order valence-corrected chi connectivity index (χ1v) is 10.7. The van der Waals surface area contributed by atoms with E-state index in [1.807, 2.05) is 32.9 Å². The zero-order chi connectivity index (χ0) is 21.3. The molecule has 0 aliphatic carbocycles. The van der Waals surface area contributed by atoms with Crippen LogP contribution in [-0.4, -0.2) is 32.7 Å². The third-order valence-electron chi connectivity index (χ3n) is 5.00. The molecule has 3 rings (SSSR count). The fraction of sp³-hybridized carbons (Fsp3) is 0.455. The molecular formula is C22H28N4O2S. The molecule has 3 aromatic heterocycles. The van der Waals surface area contributed by atoms with Gasteiger partial charge in [-0.2, -0.15) is 0 Å². The first kappa shape index (κ1) is 21.2. The van der Waals surface area contributed by atoms with E-state index in [2.05, 4.69) is 41.0 Å². The highest BCUT2D eigenvalue weighted by atomic mass is 32.1. The summed E-state index contributed by atoms with van der Waals surface area (Å²) in [4.78, 5) is 38.8. The number of H-pyrrole nitrogens is 1. The average Bonchev–Trinajstić information content (AvgIpc) is 3.27. The number of rotatable bonds is 6. The molecule has 0 fully saturated rings. The second-order valence-corrected chi connectivity index (χ2v) is 9.98. The Morgan fingerprint density at radius 1 is 1.21 bits per heavy atom. The van der Waals surface area contributed by atoms with Crippen LogP contribution in [0.25, 0.3) is 21.7 Å². The van der Waals surface area contributed by atoms with Crippen molar-refractivity contribution in [1.29, 1.82) is 0 Å². The molecule has 6 nitrogen and oxygen atoms in total. The summed E-state index contributed by atoms with van der Waals surface area (Å²) in [5.74, 6) is 0.285. The fourth-order valence-corrected chi connectivity index (χ4v) is 3.68. The Hall–Kier alpha value is -2.54. The smallest absolute Gasteiger partial charge is 0.255 e. The van der Waals surface area contributed by atoms with Crippen LogP contribution >= 0.6 is 11.3 Å². The molecule has 0 radical (unpaired) electrons. The van der Waals surface area contributed by atoms with Gasteiger partial charge in [0, 0.05) is 18.7 Å². The molecule has 0 spiro atoms. The summed E-state index contributed by atoms with van der Waals surface area (Å²) < 4.78 is 0. The van der Waals surface area contributed by atoms with Crippen LogP contribution < -0.4 is 5.32 Å². The Kier molecular flexibility index (Phi) is 5.89. The summed E-state index contributed by atoms with van der Waals surface area (Å²) in [6.07, 6.45) is 3.84. The minimum Gasteiger partial charge on any atom is -0.349 e. The van der Waals surface area contributed by atoms with Gasteiger partial charge in [-0.3, -0.25) is 9.59 Å². The molecule has 0 unspecified atom stereocenters. The lowest BCUT2D eigenvalue weighted by molar-refractivity contribution is 0.0910. The highest BCUT2D eigenvalue weighted by Crippen LogP contribution is 2.29. The monoisotopic (exact) mass is 412 g/mol. The zero-order valence-electron chi connectivity index (χ0n) is 17.8. The molecule has 1 amide bonds. The molecule has 0 saturated carbocycles. The highest BCUT2D eigenvalue weighted by Gasteiger charge is 2.24. The number of carbonyl (C=O) groups excluding carboxylic acids is 2. The van der Waals surface area contributed by atoms with E-state index < -0.39 is 0 Å². The summed E-state index contributed by atoms with van der Waals surface area (Å²) in [7, 11) is 0. The molecule has 154 valence electrons. The van der Waals surface area contributed by atoms with E-state index >= 15 is 0 Å². The maximum absolute atomic E-state index is 12.8. The van der Waals surface area contributed by atoms with Gasteiger partial charge in [-0.1, -0.05) is 34.6 Å². The van der Waals surface area contributed by atoms with Gasteiger partial charge in [-0.05, 0) is 30.4 Å². The molecule has 29 heavy (non-hydrogen) atoms. The summed E-state index contributed by atoms with van der Waals surface area (Å²) in [5.41, 5.74) is 2.18. The summed E-state index contributed by atoms with van der Waals surface area (Å²) in [6.45, 7) is 12.3. The van der Waals surface area contributed by atoms with Crippen molar-refractivity contribution in [3.8, 4) is 10.6 Å². The van der Waals surface area contributed by atoms with Crippen LogP contribution in [0.2, 0.25) is 0 Å². The minimum absolute atomic E-state index is 0.00270. The van der Waals surface area contributed by atoms with Gasteiger partial charge >= 0.3 is 0 Å². The Bertz CT molecular complexity index is 1040. The summed E-state index contributed by atoms with van der Waals surface area (Å²) >= 11 is 1.41. The Morgan fingerprint density at radius 2 is 1.93 bits per heavy atom. The third-order valence-corrected chi connectivity index (χ3v) is 6.15. The van der Waals surface area contributed by atoms with Crippen molar-refractivity contribution in [2.45, 2.75) is 54.0 Å². The van der Waals surface area contributed by atoms with Crippen molar-refractivity contribution >= 4 is 34.2 Å². The molecule has 7 heteroatoms. The summed E-state index contributed by atoms with van der Waals surface area (Å²) in [6, 6.07) is 3.73. The van der Waals surface area contributed by atoms with E-state index in [4.69, 9.17) is 0 Å². The number of thiophene rings is 1. The predicted molar refractivity (Wildman–Crippen MR) is 117 cm³/mol. The maximum Gasteiger partial charge on any atom is 0.255 e. The number of aromatic amines is 1. The number of ketones is 1. The van der Waals surface area contributed by atoms with Crippen molar-refractivity contribution in [3.05, 3.63) is 35.0 Å². The second-order valence-electron chi connectivity index (χ2n) is 8.90.